The topological polar surface area (TPSA) is 77.0 Å². The highest BCUT2D eigenvalue weighted by molar-refractivity contribution is 7.15. The number of hydrogen-bond acceptors (Lipinski definition) is 6. The van der Waals surface area contributed by atoms with Crippen LogP contribution in [0.3, 0.4) is 0 Å². The Balaban J connectivity index is 1.21. The Bertz CT molecular complexity index is 1080. The molecule has 4 aliphatic carbocycles. The van der Waals surface area contributed by atoms with Crippen LogP contribution in [0.4, 0.5) is 5.13 Å². The van der Waals surface area contributed by atoms with Crippen LogP contribution in [0, 0.1) is 17.8 Å². The predicted molar refractivity (Wildman–Crippen MR) is 118 cm³/mol. The number of nitrogens with one attached hydrogen (secondary N) is 1. The molecule has 6 nitrogen and oxygen atoms in total. The first-order chi connectivity index (χ1) is 15.2. The molecule has 2 heterocycles. The Morgan fingerprint density at radius 3 is 2.39 bits per heavy atom. The molecule has 4 saturated carbocycles. The van der Waals surface area contributed by atoms with Gasteiger partial charge in [-0.15, -0.1) is 10.2 Å². The lowest BCUT2D eigenvalue weighted by molar-refractivity contribution is -0.00555. The maximum atomic E-state index is 13.0. The largest absolute Gasteiger partial charge is 0.438 e. The third-order valence-electron chi connectivity index (χ3n) is 7.11. The van der Waals surface area contributed by atoms with Crippen LogP contribution < -0.4 is 10.1 Å². The van der Waals surface area contributed by atoms with Crippen LogP contribution in [0.5, 0.6) is 11.6 Å². The fourth-order valence-electron chi connectivity index (χ4n) is 6.27. The van der Waals surface area contributed by atoms with E-state index in [4.69, 9.17) is 4.74 Å². The molecule has 0 aliphatic heterocycles. The van der Waals surface area contributed by atoms with Gasteiger partial charge in [0, 0.05) is 11.6 Å². The zero-order chi connectivity index (χ0) is 20.8. The molecule has 2 aromatic heterocycles. The fourth-order valence-corrected chi connectivity index (χ4v) is 7.23. The highest BCUT2D eigenvalue weighted by atomic mass is 32.1. The summed E-state index contributed by atoms with van der Waals surface area (Å²) >= 11 is 1.54. The van der Waals surface area contributed by atoms with Crippen LogP contribution in [-0.2, 0) is 5.41 Å². The number of rotatable bonds is 5. The van der Waals surface area contributed by atoms with E-state index in [1.54, 1.807) is 18.3 Å². The minimum Gasteiger partial charge on any atom is -0.438 e. The molecule has 0 saturated heterocycles. The van der Waals surface area contributed by atoms with Gasteiger partial charge in [0.05, 0.1) is 0 Å². The van der Waals surface area contributed by atoms with Gasteiger partial charge >= 0.3 is 0 Å². The lowest BCUT2D eigenvalue weighted by Crippen LogP contribution is -2.48. The first-order valence-electron chi connectivity index (χ1n) is 11.0. The Kier molecular flexibility index (Phi) is 4.52. The Morgan fingerprint density at radius 1 is 0.968 bits per heavy atom. The summed E-state index contributed by atoms with van der Waals surface area (Å²) in [7, 11) is 0. The second kappa shape index (κ2) is 7.41. The number of carbonyl (C=O) groups excluding carboxylic acids is 1. The molecule has 4 bridgehead atoms. The number of para-hydroxylation sites is 1. The average Bonchev–Trinajstić information content (AvgIpc) is 3.23. The molecule has 158 valence electrons. The van der Waals surface area contributed by atoms with E-state index in [0.29, 0.717) is 16.4 Å². The van der Waals surface area contributed by atoms with Crippen molar-refractivity contribution in [2.75, 3.05) is 5.32 Å². The average molecular weight is 433 g/mol. The Hall–Kier alpha value is -2.80. The molecule has 4 aliphatic rings. The summed E-state index contributed by atoms with van der Waals surface area (Å²) in [6, 6.07) is 12.8. The second-order valence-electron chi connectivity index (χ2n) is 9.34. The highest BCUT2D eigenvalue weighted by Crippen LogP contribution is 2.61. The van der Waals surface area contributed by atoms with Gasteiger partial charge in [0.15, 0.2) is 0 Å². The Labute approximate surface area is 185 Å². The van der Waals surface area contributed by atoms with Crippen LogP contribution in [0.2, 0.25) is 0 Å². The number of hydrogen-bond donors (Lipinski definition) is 1. The van der Waals surface area contributed by atoms with Gasteiger partial charge in [0.25, 0.3) is 5.91 Å². The lowest BCUT2D eigenvalue weighted by atomic mass is 9.50. The van der Waals surface area contributed by atoms with Crippen LogP contribution in [-0.4, -0.2) is 21.1 Å². The quantitative estimate of drug-likeness (QED) is 0.580. The van der Waals surface area contributed by atoms with Crippen molar-refractivity contribution in [3.8, 4) is 11.6 Å². The van der Waals surface area contributed by atoms with E-state index in [1.807, 2.05) is 30.3 Å². The van der Waals surface area contributed by atoms with E-state index in [0.717, 1.165) is 22.8 Å². The molecule has 7 rings (SSSR count). The number of nitrogens with zero attached hydrogens (tertiary/aromatic N) is 3. The zero-order valence-corrected chi connectivity index (χ0v) is 18.0. The number of ether oxygens (including phenoxy) is 1. The molecule has 1 amide bonds. The van der Waals surface area contributed by atoms with Gasteiger partial charge < -0.3 is 4.74 Å². The standard InChI is InChI=1S/C24H24N4O2S/c29-20(19-7-4-8-25-21(19)30-18-5-2-1-3-6-18)26-23-28-27-22(31-23)24-12-15-9-16(13-24)11-17(10-15)14-24/h1-8,15-17H,9-14H2,(H,26,28,29). The monoisotopic (exact) mass is 432 g/mol. The van der Waals surface area contributed by atoms with Gasteiger partial charge in [-0.3, -0.25) is 10.1 Å². The predicted octanol–water partition coefficient (Wildman–Crippen LogP) is 5.45. The fraction of sp³-hybridized carbons (Fsp3) is 0.417. The highest BCUT2D eigenvalue weighted by Gasteiger charge is 2.53. The minimum absolute atomic E-state index is 0.186. The number of amides is 1. The maximum Gasteiger partial charge on any atom is 0.262 e. The zero-order valence-electron chi connectivity index (χ0n) is 17.2. The van der Waals surface area contributed by atoms with Crippen molar-refractivity contribution in [2.45, 2.75) is 43.9 Å². The normalized spacial score (nSPS) is 28.5. The van der Waals surface area contributed by atoms with Gasteiger partial charge in [-0.1, -0.05) is 29.5 Å². The van der Waals surface area contributed by atoms with Gasteiger partial charge in [0.2, 0.25) is 11.0 Å². The van der Waals surface area contributed by atoms with Crippen LogP contribution in [0.15, 0.2) is 48.7 Å². The summed E-state index contributed by atoms with van der Waals surface area (Å²) in [6.07, 6.45) is 9.51. The van der Waals surface area contributed by atoms with Crippen molar-refractivity contribution in [1.82, 2.24) is 15.2 Å². The second-order valence-corrected chi connectivity index (χ2v) is 10.3. The molecule has 4 fully saturated rings. The number of benzene rings is 1. The summed E-state index contributed by atoms with van der Waals surface area (Å²) in [6.45, 7) is 0. The van der Waals surface area contributed by atoms with Crippen molar-refractivity contribution < 1.29 is 9.53 Å². The third kappa shape index (κ3) is 3.51. The number of anilines is 1. The van der Waals surface area contributed by atoms with E-state index in [2.05, 4.69) is 20.5 Å². The summed E-state index contributed by atoms with van der Waals surface area (Å²) in [5.74, 6) is 3.17. The van der Waals surface area contributed by atoms with E-state index >= 15 is 0 Å². The van der Waals surface area contributed by atoms with Crippen molar-refractivity contribution in [3.63, 3.8) is 0 Å². The third-order valence-corrected chi connectivity index (χ3v) is 8.20. The van der Waals surface area contributed by atoms with Crippen molar-refractivity contribution in [2.24, 2.45) is 17.8 Å². The van der Waals surface area contributed by atoms with E-state index in [-0.39, 0.29) is 17.2 Å². The molecule has 3 aromatic rings. The summed E-state index contributed by atoms with van der Waals surface area (Å²) in [5.41, 5.74) is 0.559. The summed E-state index contributed by atoms with van der Waals surface area (Å²) < 4.78 is 5.83. The van der Waals surface area contributed by atoms with Gasteiger partial charge in [-0.2, -0.15) is 0 Å². The van der Waals surface area contributed by atoms with Gasteiger partial charge in [0.1, 0.15) is 16.3 Å². The lowest BCUT2D eigenvalue weighted by Gasteiger charge is -2.55. The van der Waals surface area contributed by atoms with Crippen molar-refractivity contribution >= 4 is 22.4 Å². The molecule has 31 heavy (non-hydrogen) atoms. The molecular weight excluding hydrogens is 408 g/mol. The van der Waals surface area contributed by atoms with Crippen LogP contribution >= 0.6 is 11.3 Å². The van der Waals surface area contributed by atoms with E-state index < -0.39 is 0 Å². The molecule has 7 heteroatoms. The molecule has 0 spiro atoms. The van der Waals surface area contributed by atoms with Crippen LogP contribution in [0.1, 0.15) is 53.9 Å². The molecule has 1 aromatic carbocycles. The van der Waals surface area contributed by atoms with E-state index in [9.17, 15) is 4.79 Å². The Morgan fingerprint density at radius 2 is 1.68 bits per heavy atom. The maximum absolute atomic E-state index is 13.0. The van der Waals surface area contributed by atoms with Gasteiger partial charge in [-0.25, -0.2) is 4.98 Å². The van der Waals surface area contributed by atoms with Gasteiger partial charge in [-0.05, 0) is 80.5 Å². The van der Waals surface area contributed by atoms with E-state index in [1.165, 1.54) is 49.9 Å². The first kappa shape index (κ1) is 18.9. The smallest absolute Gasteiger partial charge is 0.262 e. The molecular formula is C24H24N4O2S. The van der Waals surface area contributed by atoms with Crippen molar-refractivity contribution in [3.05, 3.63) is 59.2 Å². The molecule has 1 N–H and O–H groups in total. The van der Waals surface area contributed by atoms with Crippen LogP contribution in [0.25, 0.3) is 0 Å². The number of aromatic nitrogens is 3. The first-order valence-corrected chi connectivity index (χ1v) is 11.8. The minimum atomic E-state index is -0.285. The number of pyridine rings is 1. The SMILES string of the molecule is O=C(Nc1nnc(C23CC4CC(CC(C4)C2)C3)s1)c1cccnc1Oc1ccccc1. The summed E-state index contributed by atoms with van der Waals surface area (Å²) in [4.78, 5) is 17.2. The number of carbonyl (C=O) groups is 1. The molecule has 0 atom stereocenters. The molecule has 0 unspecified atom stereocenters. The van der Waals surface area contributed by atoms with Crippen molar-refractivity contribution in [1.29, 1.82) is 0 Å². The molecule has 0 radical (unpaired) electrons. The summed E-state index contributed by atoms with van der Waals surface area (Å²) in [5, 5.41) is 13.5.